The number of fused-ring (bicyclic) bond motifs is 1. The zero-order valence-corrected chi connectivity index (χ0v) is 12.7. The summed E-state index contributed by atoms with van der Waals surface area (Å²) >= 11 is 3.46. The van der Waals surface area contributed by atoms with E-state index in [2.05, 4.69) is 21.2 Å². The lowest BCUT2D eigenvalue weighted by Gasteiger charge is -2.27. The molecule has 0 spiro atoms. The van der Waals surface area contributed by atoms with Gasteiger partial charge >= 0.3 is 0 Å². The van der Waals surface area contributed by atoms with Gasteiger partial charge in [-0.05, 0) is 24.3 Å². The van der Waals surface area contributed by atoms with Crippen molar-refractivity contribution >= 4 is 27.3 Å². The maximum Gasteiger partial charge on any atom is 0.271 e. The molecule has 3 rings (SSSR count). The predicted octanol–water partition coefficient (Wildman–Crippen LogP) is 4.29. The average molecular weight is 349 g/mol. The number of halogens is 1. The Morgan fingerprint density at radius 2 is 2.14 bits per heavy atom. The first-order chi connectivity index (χ1) is 10.1. The normalized spacial score (nSPS) is 16.7. The second kappa shape index (κ2) is 5.73. The van der Waals surface area contributed by atoms with Crippen LogP contribution in [-0.2, 0) is 0 Å². The fourth-order valence-corrected chi connectivity index (χ4v) is 2.80. The van der Waals surface area contributed by atoms with E-state index in [1.165, 1.54) is 6.07 Å². The number of ether oxygens (including phenoxy) is 1. The van der Waals surface area contributed by atoms with E-state index in [1.807, 2.05) is 24.3 Å². The lowest BCUT2D eigenvalue weighted by molar-refractivity contribution is -0.384. The third-order valence-electron chi connectivity index (χ3n) is 3.41. The number of hydrogen-bond acceptors (Lipinski definition) is 4. The SMILES string of the molecule is O=[N+]([O-])c1cccc(NC2CCOc3ccc(Br)cc32)c1. The maximum atomic E-state index is 10.8. The zero-order valence-electron chi connectivity index (χ0n) is 11.1. The molecule has 5 nitrogen and oxygen atoms in total. The van der Waals surface area contributed by atoms with Crippen molar-refractivity contribution in [3.8, 4) is 5.75 Å². The largest absolute Gasteiger partial charge is 0.493 e. The Bertz CT molecular complexity index is 690. The van der Waals surface area contributed by atoms with Gasteiger partial charge in [-0.1, -0.05) is 22.0 Å². The molecule has 1 heterocycles. The van der Waals surface area contributed by atoms with Crippen molar-refractivity contribution < 1.29 is 9.66 Å². The Hall–Kier alpha value is -2.08. The van der Waals surface area contributed by atoms with Crippen molar-refractivity contribution in [3.05, 3.63) is 62.6 Å². The standard InChI is InChI=1S/C15H13BrN2O3/c16-10-4-5-15-13(8-10)14(6-7-21-15)17-11-2-1-3-12(9-11)18(19)20/h1-5,8-9,14,17H,6-7H2. The van der Waals surface area contributed by atoms with Crippen LogP contribution in [-0.4, -0.2) is 11.5 Å². The van der Waals surface area contributed by atoms with Gasteiger partial charge in [-0.2, -0.15) is 0 Å². The van der Waals surface area contributed by atoms with E-state index in [4.69, 9.17) is 4.74 Å². The van der Waals surface area contributed by atoms with Crippen LogP contribution in [0.2, 0.25) is 0 Å². The van der Waals surface area contributed by atoms with Crippen LogP contribution in [0.15, 0.2) is 46.9 Å². The number of nitro groups is 1. The Labute approximate surface area is 130 Å². The summed E-state index contributed by atoms with van der Waals surface area (Å²) in [5.41, 5.74) is 1.88. The molecule has 0 fully saturated rings. The van der Waals surface area contributed by atoms with Gasteiger partial charge in [0.25, 0.3) is 5.69 Å². The summed E-state index contributed by atoms with van der Waals surface area (Å²) in [5, 5.41) is 14.2. The summed E-state index contributed by atoms with van der Waals surface area (Å²) in [6.45, 7) is 0.626. The van der Waals surface area contributed by atoms with Crippen LogP contribution in [0.1, 0.15) is 18.0 Å². The molecule has 0 amide bonds. The predicted molar refractivity (Wildman–Crippen MR) is 83.7 cm³/mol. The molecule has 1 unspecified atom stereocenters. The average Bonchev–Trinajstić information content (AvgIpc) is 2.48. The van der Waals surface area contributed by atoms with E-state index in [0.29, 0.717) is 6.61 Å². The van der Waals surface area contributed by atoms with Crippen LogP contribution in [0.5, 0.6) is 5.75 Å². The molecule has 1 aliphatic rings. The Kier molecular flexibility index (Phi) is 3.79. The van der Waals surface area contributed by atoms with Crippen LogP contribution in [0.25, 0.3) is 0 Å². The molecule has 108 valence electrons. The number of rotatable bonds is 3. The number of nitrogens with zero attached hydrogens (tertiary/aromatic N) is 1. The topological polar surface area (TPSA) is 64.4 Å². The van der Waals surface area contributed by atoms with Crippen LogP contribution >= 0.6 is 15.9 Å². The number of nitro benzene ring substituents is 1. The molecule has 2 aromatic rings. The number of nitrogens with one attached hydrogen (secondary N) is 1. The zero-order chi connectivity index (χ0) is 14.8. The third kappa shape index (κ3) is 3.00. The van der Waals surface area contributed by atoms with Gasteiger partial charge in [0.05, 0.1) is 17.6 Å². The summed E-state index contributed by atoms with van der Waals surface area (Å²) in [6.07, 6.45) is 0.812. The van der Waals surface area contributed by atoms with Gasteiger partial charge in [-0.25, -0.2) is 0 Å². The lowest BCUT2D eigenvalue weighted by atomic mass is 10.0. The first-order valence-electron chi connectivity index (χ1n) is 6.57. The van der Waals surface area contributed by atoms with Gasteiger partial charge in [-0.3, -0.25) is 10.1 Å². The van der Waals surface area contributed by atoms with Crippen molar-refractivity contribution in [3.63, 3.8) is 0 Å². The first kappa shape index (κ1) is 13.9. The van der Waals surface area contributed by atoms with Crippen LogP contribution in [0.3, 0.4) is 0 Å². The minimum absolute atomic E-state index is 0.0771. The smallest absolute Gasteiger partial charge is 0.271 e. The highest BCUT2D eigenvalue weighted by Crippen LogP contribution is 2.36. The highest BCUT2D eigenvalue weighted by Gasteiger charge is 2.22. The molecular formula is C15H13BrN2O3. The highest BCUT2D eigenvalue weighted by atomic mass is 79.9. The van der Waals surface area contributed by atoms with Gasteiger partial charge in [-0.15, -0.1) is 0 Å². The molecule has 0 radical (unpaired) electrons. The number of non-ortho nitro benzene ring substituents is 1. The van der Waals surface area contributed by atoms with Crippen LogP contribution < -0.4 is 10.1 Å². The molecule has 6 heteroatoms. The molecule has 21 heavy (non-hydrogen) atoms. The molecule has 0 aliphatic carbocycles. The monoisotopic (exact) mass is 348 g/mol. The van der Waals surface area contributed by atoms with E-state index < -0.39 is 0 Å². The molecule has 1 aliphatic heterocycles. The van der Waals surface area contributed by atoms with Gasteiger partial charge < -0.3 is 10.1 Å². The summed E-state index contributed by atoms with van der Waals surface area (Å²) in [4.78, 5) is 10.5. The minimum Gasteiger partial charge on any atom is -0.493 e. The maximum absolute atomic E-state index is 10.8. The Morgan fingerprint density at radius 3 is 2.95 bits per heavy atom. The van der Waals surface area contributed by atoms with Gasteiger partial charge in [0, 0.05) is 34.3 Å². The van der Waals surface area contributed by atoms with E-state index in [-0.39, 0.29) is 16.7 Å². The quantitative estimate of drug-likeness (QED) is 0.663. The lowest BCUT2D eigenvalue weighted by Crippen LogP contribution is -2.20. The number of anilines is 1. The fraction of sp³-hybridized carbons (Fsp3) is 0.200. The van der Waals surface area contributed by atoms with Crippen molar-refractivity contribution in [1.29, 1.82) is 0 Å². The summed E-state index contributed by atoms with van der Waals surface area (Å²) in [6, 6.07) is 12.5. The summed E-state index contributed by atoms with van der Waals surface area (Å²) in [5.74, 6) is 0.854. The van der Waals surface area contributed by atoms with Crippen LogP contribution in [0.4, 0.5) is 11.4 Å². The van der Waals surface area contributed by atoms with Crippen LogP contribution in [0, 0.1) is 10.1 Å². The van der Waals surface area contributed by atoms with E-state index in [9.17, 15) is 10.1 Å². The molecule has 0 saturated heterocycles. The molecule has 2 aromatic carbocycles. The van der Waals surface area contributed by atoms with Crippen molar-refractivity contribution in [1.82, 2.24) is 0 Å². The third-order valence-corrected chi connectivity index (χ3v) is 3.90. The van der Waals surface area contributed by atoms with Gasteiger partial charge in [0.1, 0.15) is 5.75 Å². The van der Waals surface area contributed by atoms with Gasteiger partial charge in [0.2, 0.25) is 0 Å². The number of hydrogen-bond donors (Lipinski definition) is 1. The second-order valence-electron chi connectivity index (χ2n) is 4.82. The Morgan fingerprint density at radius 1 is 1.29 bits per heavy atom. The second-order valence-corrected chi connectivity index (χ2v) is 5.74. The van der Waals surface area contributed by atoms with Crippen molar-refractivity contribution in [2.45, 2.75) is 12.5 Å². The van der Waals surface area contributed by atoms with E-state index in [1.54, 1.807) is 12.1 Å². The molecule has 0 bridgehead atoms. The van der Waals surface area contributed by atoms with Crippen molar-refractivity contribution in [2.75, 3.05) is 11.9 Å². The molecule has 1 N–H and O–H groups in total. The van der Waals surface area contributed by atoms with E-state index >= 15 is 0 Å². The van der Waals surface area contributed by atoms with E-state index in [0.717, 1.165) is 27.9 Å². The Balaban J connectivity index is 1.88. The summed E-state index contributed by atoms with van der Waals surface area (Å²) < 4.78 is 6.62. The minimum atomic E-state index is -0.389. The highest BCUT2D eigenvalue weighted by molar-refractivity contribution is 9.10. The molecular weight excluding hydrogens is 336 g/mol. The molecule has 1 atom stereocenters. The molecule has 0 saturated carbocycles. The van der Waals surface area contributed by atoms with Crippen molar-refractivity contribution in [2.24, 2.45) is 0 Å². The number of benzene rings is 2. The van der Waals surface area contributed by atoms with Gasteiger partial charge in [0.15, 0.2) is 0 Å². The summed E-state index contributed by atoms with van der Waals surface area (Å²) in [7, 11) is 0. The first-order valence-corrected chi connectivity index (χ1v) is 7.36. The molecule has 0 aromatic heterocycles. The fourth-order valence-electron chi connectivity index (χ4n) is 2.43.